The van der Waals surface area contributed by atoms with Gasteiger partial charge in [-0.1, -0.05) is 84.9 Å². The van der Waals surface area contributed by atoms with Crippen LogP contribution in [0.4, 0.5) is 4.79 Å². The topological polar surface area (TPSA) is 93.1 Å². The van der Waals surface area contributed by atoms with Crippen molar-refractivity contribution in [1.29, 1.82) is 0 Å². The van der Waals surface area contributed by atoms with Gasteiger partial charge in [0.1, 0.15) is 5.60 Å². The van der Waals surface area contributed by atoms with E-state index in [1.54, 1.807) is 11.1 Å². The number of carbonyl (C=O) groups excluding carboxylic acids is 1. The van der Waals surface area contributed by atoms with Crippen LogP contribution in [0.25, 0.3) is 0 Å². The van der Waals surface area contributed by atoms with E-state index >= 15 is 0 Å². The van der Waals surface area contributed by atoms with Gasteiger partial charge in [0.2, 0.25) is 0 Å². The fourth-order valence-corrected chi connectivity index (χ4v) is 7.74. The second-order valence-electron chi connectivity index (χ2n) is 12.5. The summed E-state index contributed by atoms with van der Waals surface area (Å²) in [5, 5.41) is 22.1. The molecular formula is C37H47N3O4. The molecule has 0 radical (unpaired) electrons. The molecule has 234 valence electrons. The Hall–Kier alpha value is -3.68. The van der Waals surface area contributed by atoms with Crippen molar-refractivity contribution in [3.05, 3.63) is 107 Å². The van der Waals surface area contributed by atoms with Gasteiger partial charge in [-0.2, -0.15) is 0 Å². The molecule has 7 nitrogen and oxygen atoms in total. The van der Waals surface area contributed by atoms with Crippen LogP contribution >= 0.6 is 0 Å². The smallest absolute Gasteiger partial charge is 0.317 e. The minimum atomic E-state index is -1.15. The lowest BCUT2D eigenvalue weighted by Gasteiger charge is -2.34. The lowest BCUT2D eigenvalue weighted by molar-refractivity contribution is -0.122. The summed E-state index contributed by atoms with van der Waals surface area (Å²) in [6.07, 6.45) is 8.81. The summed E-state index contributed by atoms with van der Waals surface area (Å²) in [6, 6.07) is 30.2. The maximum Gasteiger partial charge on any atom is 0.317 e. The zero-order valence-corrected chi connectivity index (χ0v) is 25.9. The summed E-state index contributed by atoms with van der Waals surface area (Å²) >= 11 is 0. The number of aliphatic hydroxyl groups is 1. The molecule has 1 saturated heterocycles. The Labute approximate surface area is 261 Å². The molecular weight excluding hydrogens is 550 g/mol. The molecule has 3 aromatic rings. The van der Waals surface area contributed by atoms with Crippen LogP contribution in [-0.4, -0.2) is 58.2 Å². The number of rotatable bonds is 10. The summed E-state index contributed by atoms with van der Waals surface area (Å²) in [5.41, 5.74) is 3.70. The zero-order valence-electron chi connectivity index (χ0n) is 25.9. The highest BCUT2D eigenvalue weighted by atomic mass is 16.3. The average Bonchev–Trinajstić information content (AvgIpc) is 3.62. The van der Waals surface area contributed by atoms with Crippen LogP contribution < -0.4 is 5.32 Å². The Morgan fingerprint density at radius 3 is 1.86 bits per heavy atom. The quantitative estimate of drug-likeness (QED) is 0.222. The maximum atomic E-state index is 13.3. The van der Waals surface area contributed by atoms with Crippen molar-refractivity contribution in [1.82, 2.24) is 15.1 Å². The third kappa shape index (κ3) is 7.00. The molecule has 3 N–H and O–H groups in total. The van der Waals surface area contributed by atoms with E-state index < -0.39 is 5.60 Å². The van der Waals surface area contributed by atoms with Gasteiger partial charge in [-0.25, -0.2) is 4.79 Å². The van der Waals surface area contributed by atoms with E-state index in [2.05, 4.69) is 34.5 Å². The van der Waals surface area contributed by atoms with Crippen LogP contribution in [0.3, 0.4) is 0 Å². The minimum absolute atomic E-state index is 0.00849. The normalized spacial score (nSPS) is 22.4. The SMILES string of the molecule is CCN(CCC(O)(c1ccccc1)c1ccccc1)C(=O)NC1CCC(CCN2C3CCC2c2ccccc23)CC1.O=CO. The first-order valence-electron chi connectivity index (χ1n) is 16.3. The van der Waals surface area contributed by atoms with Crippen LogP contribution in [0.1, 0.15) is 92.6 Å². The van der Waals surface area contributed by atoms with Gasteiger partial charge in [0, 0.05) is 37.6 Å². The highest BCUT2D eigenvalue weighted by Gasteiger charge is 2.43. The van der Waals surface area contributed by atoms with E-state index in [0.29, 0.717) is 31.6 Å². The summed E-state index contributed by atoms with van der Waals surface area (Å²) in [6.45, 7) is 4.06. The van der Waals surface area contributed by atoms with Gasteiger partial charge in [0.05, 0.1) is 0 Å². The number of benzene rings is 3. The molecule has 0 aromatic heterocycles. The molecule has 2 bridgehead atoms. The van der Waals surface area contributed by atoms with Crippen molar-refractivity contribution in [3.63, 3.8) is 0 Å². The van der Waals surface area contributed by atoms with E-state index in [4.69, 9.17) is 9.90 Å². The van der Waals surface area contributed by atoms with Crippen LogP contribution in [0, 0.1) is 5.92 Å². The molecule has 6 rings (SSSR count). The van der Waals surface area contributed by atoms with Gasteiger partial charge in [-0.3, -0.25) is 9.69 Å². The summed E-state index contributed by atoms with van der Waals surface area (Å²) in [4.78, 5) is 26.3. The number of urea groups is 1. The van der Waals surface area contributed by atoms with Crippen molar-refractivity contribution in [2.75, 3.05) is 19.6 Å². The number of carboxylic acid groups (broad SMARTS) is 1. The number of nitrogens with one attached hydrogen (secondary N) is 1. The Balaban J connectivity index is 0.00000123. The maximum absolute atomic E-state index is 13.3. The van der Waals surface area contributed by atoms with Gasteiger partial charge in [0.25, 0.3) is 6.47 Å². The molecule has 2 heterocycles. The first-order chi connectivity index (χ1) is 21.5. The highest BCUT2D eigenvalue weighted by molar-refractivity contribution is 5.74. The van der Waals surface area contributed by atoms with Crippen molar-refractivity contribution < 1.29 is 19.8 Å². The van der Waals surface area contributed by atoms with Crippen LogP contribution in [0.2, 0.25) is 0 Å². The van der Waals surface area contributed by atoms with Crippen molar-refractivity contribution in [2.24, 2.45) is 5.92 Å². The van der Waals surface area contributed by atoms with Gasteiger partial charge in [-0.15, -0.1) is 0 Å². The van der Waals surface area contributed by atoms with Crippen LogP contribution in [0.5, 0.6) is 0 Å². The monoisotopic (exact) mass is 597 g/mol. The van der Waals surface area contributed by atoms with E-state index in [-0.39, 0.29) is 18.5 Å². The summed E-state index contributed by atoms with van der Waals surface area (Å²) < 4.78 is 0. The Morgan fingerprint density at radius 2 is 1.36 bits per heavy atom. The Bertz CT molecular complexity index is 1270. The molecule has 7 heteroatoms. The summed E-state index contributed by atoms with van der Waals surface area (Å²) in [7, 11) is 0. The highest BCUT2D eigenvalue weighted by Crippen LogP contribution is 2.53. The Morgan fingerprint density at radius 1 is 0.864 bits per heavy atom. The molecule has 3 aromatic carbocycles. The van der Waals surface area contributed by atoms with E-state index in [1.807, 2.05) is 72.5 Å². The number of amides is 2. The second kappa shape index (κ2) is 14.9. The molecule has 2 aliphatic heterocycles. The van der Waals surface area contributed by atoms with Crippen LogP contribution in [-0.2, 0) is 10.4 Å². The average molecular weight is 598 g/mol. The predicted molar refractivity (Wildman–Crippen MR) is 173 cm³/mol. The van der Waals surface area contributed by atoms with Crippen LogP contribution in [0.15, 0.2) is 84.9 Å². The summed E-state index contributed by atoms with van der Waals surface area (Å²) in [5.74, 6) is 0.750. The zero-order chi connectivity index (χ0) is 30.9. The standard InChI is InChI=1S/C36H45N3O2.CH2O2/c1-2-38(26-24-36(41,28-11-5-3-6-12-28)29-13-7-4-8-14-29)35(40)37-30-19-17-27(18-20-30)23-25-39-33-21-22-34(39)32-16-10-9-15-31(32)33;2-1-3/h3-16,27,30,33-34,41H,2,17-26H2,1H3,(H,37,40);1H,(H,2,3). The minimum Gasteiger partial charge on any atom is -0.483 e. The Kier molecular flexibility index (Phi) is 10.7. The van der Waals surface area contributed by atoms with Gasteiger partial charge in [0.15, 0.2) is 0 Å². The number of nitrogens with zero attached hydrogens (tertiary/aromatic N) is 2. The van der Waals surface area contributed by atoms with Gasteiger partial charge < -0.3 is 20.4 Å². The third-order valence-corrected chi connectivity index (χ3v) is 10.1. The number of hydrogen-bond acceptors (Lipinski definition) is 4. The first-order valence-corrected chi connectivity index (χ1v) is 16.3. The number of hydrogen-bond donors (Lipinski definition) is 3. The lowest BCUT2D eigenvalue weighted by atomic mass is 9.83. The largest absolute Gasteiger partial charge is 0.483 e. The van der Waals surface area contributed by atoms with Gasteiger partial charge in [-0.05, 0) is 86.6 Å². The molecule has 1 saturated carbocycles. The molecule has 1 aliphatic carbocycles. The fraction of sp³-hybridized carbons (Fsp3) is 0.459. The molecule has 2 amide bonds. The third-order valence-electron chi connectivity index (χ3n) is 10.1. The van der Waals surface area contributed by atoms with E-state index in [0.717, 1.165) is 29.9 Å². The fourth-order valence-electron chi connectivity index (χ4n) is 7.74. The van der Waals surface area contributed by atoms with Crippen molar-refractivity contribution >= 4 is 12.5 Å². The molecule has 2 fully saturated rings. The number of fused-ring (bicyclic) bond motifs is 5. The number of carbonyl (C=O) groups is 2. The molecule has 2 atom stereocenters. The van der Waals surface area contributed by atoms with E-state index in [9.17, 15) is 9.90 Å². The molecule has 0 spiro atoms. The van der Waals surface area contributed by atoms with Crippen molar-refractivity contribution in [2.45, 2.75) is 82.0 Å². The molecule has 3 aliphatic rings. The second-order valence-corrected chi connectivity index (χ2v) is 12.5. The lowest BCUT2D eigenvalue weighted by Crippen LogP contribution is -2.47. The van der Waals surface area contributed by atoms with Gasteiger partial charge >= 0.3 is 6.03 Å². The molecule has 44 heavy (non-hydrogen) atoms. The molecule has 2 unspecified atom stereocenters. The van der Waals surface area contributed by atoms with E-state index in [1.165, 1.54) is 38.6 Å². The first kappa shape index (κ1) is 31.7. The predicted octanol–water partition coefficient (Wildman–Crippen LogP) is 6.89. The van der Waals surface area contributed by atoms with Crippen molar-refractivity contribution in [3.8, 4) is 0 Å².